The molecule has 4 rings (SSSR count). The summed E-state index contributed by atoms with van der Waals surface area (Å²) in [5.74, 6) is 0. The first-order chi connectivity index (χ1) is 13.7. The molecule has 4 heteroatoms. The van der Waals surface area contributed by atoms with Crippen LogP contribution >= 0.6 is 0 Å². The van der Waals surface area contributed by atoms with Gasteiger partial charge < -0.3 is 13.3 Å². The Labute approximate surface area is 167 Å². The first-order valence-corrected chi connectivity index (χ1v) is 11.7. The highest BCUT2D eigenvalue weighted by Gasteiger charge is 2.44. The van der Waals surface area contributed by atoms with Gasteiger partial charge in [0.05, 0.1) is 0 Å². The van der Waals surface area contributed by atoms with Crippen LogP contribution in [-0.4, -0.2) is 28.6 Å². The summed E-state index contributed by atoms with van der Waals surface area (Å²) in [6, 6.07) is 23.8. The molecule has 0 spiro atoms. The number of rotatable bonds is 7. The summed E-state index contributed by atoms with van der Waals surface area (Å²) in [6.45, 7) is 7.65. The molecular formula is C24H26O3Si. The molecule has 0 saturated carbocycles. The van der Waals surface area contributed by atoms with E-state index in [4.69, 9.17) is 13.3 Å². The molecule has 0 atom stereocenters. The maximum absolute atomic E-state index is 6.18. The molecule has 0 N–H and O–H groups in total. The third-order valence-electron chi connectivity index (χ3n) is 5.03. The van der Waals surface area contributed by atoms with Crippen molar-refractivity contribution in [2.24, 2.45) is 0 Å². The van der Waals surface area contributed by atoms with E-state index >= 15 is 0 Å². The van der Waals surface area contributed by atoms with Crippen molar-refractivity contribution in [1.82, 2.24) is 0 Å². The molecule has 3 nitrogen and oxygen atoms in total. The Balaban J connectivity index is 1.99. The molecule has 0 heterocycles. The van der Waals surface area contributed by atoms with Crippen LogP contribution in [0.4, 0.5) is 0 Å². The second kappa shape index (κ2) is 8.01. The van der Waals surface area contributed by atoms with Gasteiger partial charge in [-0.1, -0.05) is 42.5 Å². The number of hydrogen-bond acceptors (Lipinski definition) is 3. The summed E-state index contributed by atoms with van der Waals surface area (Å²) >= 11 is 0. The Morgan fingerprint density at radius 3 is 1.64 bits per heavy atom. The summed E-state index contributed by atoms with van der Waals surface area (Å²) in [5, 5.41) is 8.32. The minimum absolute atomic E-state index is 0.556. The third-order valence-corrected chi connectivity index (χ3v) is 8.14. The molecule has 4 aromatic carbocycles. The van der Waals surface area contributed by atoms with Gasteiger partial charge in [0.25, 0.3) is 0 Å². The molecule has 4 aromatic rings. The lowest BCUT2D eigenvalue weighted by Crippen LogP contribution is -2.57. The Kier molecular flexibility index (Phi) is 5.46. The predicted molar refractivity (Wildman–Crippen MR) is 119 cm³/mol. The first kappa shape index (κ1) is 19.1. The maximum Gasteiger partial charge on any atom is 0.537 e. The lowest BCUT2D eigenvalue weighted by atomic mass is 10.00. The highest BCUT2D eigenvalue weighted by molar-refractivity contribution is 6.77. The van der Waals surface area contributed by atoms with Crippen LogP contribution in [0.25, 0.3) is 32.3 Å². The molecule has 0 amide bonds. The van der Waals surface area contributed by atoms with Gasteiger partial charge in [-0.3, -0.25) is 0 Å². The van der Waals surface area contributed by atoms with E-state index in [0.29, 0.717) is 19.8 Å². The van der Waals surface area contributed by atoms with Gasteiger partial charge in [-0.2, -0.15) is 0 Å². The fourth-order valence-electron chi connectivity index (χ4n) is 3.91. The van der Waals surface area contributed by atoms with Crippen molar-refractivity contribution in [1.29, 1.82) is 0 Å². The highest BCUT2D eigenvalue weighted by Crippen LogP contribution is 2.28. The zero-order valence-corrected chi connectivity index (χ0v) is 17.7. The van der Waals surface area contributed by atoms with Crippen molar-refractivity contribution >= 4 is 46.3 Å². The maximum atomic E-state index is 6.18. The summed E-state index contributed by atoms with van der Waals surface area (Å²) in [5.41, 5.74) is 0. The van der Waals surface area contributed by atoms with Crippen LogP contribution in [0.3, 0.4) is 0 Å². The molecule has 0 unspecified atom stereocenters. The molecule has 0 aliphatic carbocycles. The Bertz CT molecular complexity index is 1110. The molecule has 0 radical (unpaired) electrons. The highest BCUT2D eigenvalue weighted by atomic mass is 28.4. The van der Waals surface area contributed by atoms with E-state index in [1.54, 1.807) is 0 Å². The third kappa shape index (κ3) is 3.33. The van der Waals surface area contributed by atoms with Gasteiger partial charge in [-0.05, 0) is 77.4 Å². The first-order valence-electron chi connectivity index (χ1n) is 9.98. The Morgan fingerprint density at radius 1 is 0.571 bits per heavy atom. The van der Waals surface area contributed by atoms with E-state index in [2.05, 4.69) is 66.7 Å². The van der Waals surface area contributed by atoms with E-state index < -0.39 is 8.80 Å². The molecule has 0 aliphatic rings. The average molecular weight is 391 g/mol. The average Bonchev–Trinajstić information content (AvgIpc) is 2.70. The standard InChI is InChI=1S/C24H26O3Si/c1-4-25-28(26-5-2,27-6-3)24-13-9-12-20-16-21-14-18-10-7-8-11-19(18)15-22(21)17-23(20)24/h7-17H,4-6H2,1-3H3. The van der Waals surface area contributed by atoms with Crippen molar-refractivity contribution in [3.63, 3.8) is 0 Å². The quantitative estimate of drug-likeness (QED) is 0.312. The number of benzene rings is 4. The molecule has 28 heavy (non-hydrogen) atoms. The Hall–Kier alpha value is -2.24. The summed E-state index contributed by atoms with van der Waals surface area (Å²) in [4.78, 5) is 0. The van der Waals surface area contributed by atoms with Crippen molar-refractivity contribution in [3.8, 4) is 0 Å². The van der Waals surface area contributed by atoms with E-state index in [1.807, 2.05) is 20.8 Å². The fourth-order valence-corrected chi connectivity index (χ4v) is 6.62. The van der Waals surface area contributed by atoms with Crippen LogP contribution in [0.5, 0.6) is 0 Å². The van der Waals surface area contributed by atoms with Gasteiger partial charge in [0, 0.05) is 25.0 Å². The van der Waals surface area contributed by atoms with Crippen molar-refractivity contribution in [2.75, 3.05) is 19.8 Å². The molecule has 0 bridgehead atoms. The Morgan fingerprint density at radius 2 is 1.07 bits per heavy atom. The van der Waals surface area contributed by atoms with Gasteiger partial charge in [0.2, 0.25) is 0 Å². The van der Waals surface area contributed by atoms with Crippen molar-refractivity contribution in [3.05, 3.63) is 66.7 Å². The molecular weight excluding hydrogens is 364 g/mol. The van der Waals surface area contributed by atoms with Gasteiger partial charge in [0.15, 0.2) is 0 Å². The van der Waals surface area contributed by atoms with Crippen molar-refractivity contribution < 1.29 is 13.3 Å². The zero-order chi connectivity index (χ0) is 19.6. The zero-order valence-electron chi connectivity index (χ0n) is 16.7. The van der Waals surface area contributed by atoms with Gasteiger partial charge in [-0.15, -0.1) is 0 Å². The molecule has 0 fully saturated rings. The van der Waals surface area contributed by atoms with Crippen LogP contribution in [0.2, 0.25) is 0 Å². The lowest BCUT2D eigenvalue weighted by molar-refractivity contribution is 0.0862. The van der Waals surface area contributed by atoms with E-state index in [-0.39, 0.29) is 0 Å². The SMILES string of the molecule is CCO[Si](OCC)(OCC)c1cccc2cc3cc4ccccc4cc3cc12. The van der Waals surface area contributed by atoms with Gasteiger partial charge >= 0.3 is 8.80 Å². The molecule has 144 valence electrons. The summed E-state index contributed by atoms with van der Waals surface area (Å²) < 4.78 is 18.5. The van der Waals surface area contributed by atoms with E-state index in [0.717, 1.165) is 10.6 Å². The van der Waals surface area contributed by atoms with Crippen LogP contribution < -0.4 is 5.19 Å². The van der Waals surface area contributed by atoms with Gasteiger partial charge in [0.1, 0.15) is 0 Å². The van der Waals surface area contributed by atoms with Crippen LogP contribution in [-0.2, 0) is 13.3 Å². The van der Waals surface area contributed by atoms with Gasteiger partial charge in [-0.25, -0.2) is 0 Å². The number of fused-ring (bicyclic) bond motifs is 3. The second-order valence-corrected chi connectivity index (χ2v) is 9.30. The largest absolute Gasteiger partial charge is 0.537 e. The van der Waals surface area contributed by atoms with Crippen LogP contribution in [0.15, 0.2) is 66.7 Å². The monoisotopic (exact) mass is 390 g/mol. The van der Waals surface area contributed by atoms with Crippen LogP contribution in [0, 0.1) is 0 Å². The molecule has 0 aliphatic heterocycles. The van der Waals surface area contributed by atoms with Crippen LogP contribution in [0.1, 0.15) is 20.8 Å². The smallest absolute Gasteiger partial charge is 0.370 e. The van der Waals surface area contributed by atoms with E-state index in [9.17, 15) is 0 Å². The molecule has 0 saturated heterocycles. The predicted octanol–water partition coefficient (Wildman–Crippen LogP) is 5.40. The minimum atomic E-state index is -2.98. The second-order valence-electron chi connectivity index (χ2n) is 6.78. The topological polar surface area (TPSA) is 27.7 Å². The lowest BCUT2D eigenvalue weighted by Gasteiger charge is -2.29. The molecule has 0 aromatic heterocycles. The van der Waals surface area contributed by atoms with E-state index in [1.165, 1.54) is 26.9 Å². The normalized spacial score (nSPS) is 12.2. The van der Waals surface area contributed by atoms with Crippen molar-refractivity contribution in [2.45, 2.75) is 20.8 Å². The summed E-state index contributed by atoms with van der Waals surface area (Å²) in [7, 11) is -2.98. The summed E-state index contributed by atoms with van der Waals surface area (Å²) in [6.07, 6.45) is 0. The fraction of sp³-hybridized carbons (Fsp3) is 0.250. The number of hydrogen-bond donors (Lipinski definition) is 0. The minimum Gasteiger partial charge on any atom is -0.370 e.